The van der Waals surface area contributed by atoms with E-state index in [0.29, 0.717) is 26.2 Å². The Morgan fingerprint density at radius 2 is 1.63 bits per heavy atom. The number of likely N-dealkylation sites (N-methyl/N-ethyl adjacent to an activating group) is 1. The van der Waals surface area contributed by atoms with Crippen LogP contribution in [0.2, 0.25) is 0 Å². The van der Waals surface area contributed by atoms with Gasteiger partial charge in [0.05, 0.1) is 22.9 Å². The first-order valence-corrected chi connectivity index (χ1v) is 14.1. The number of fused-ring (bicyclic) bond motifs is 3. The molecule has 3 aliphatic heterocycles. The molecule has 0 saturated carbocycles. The topological polar surface area (TPSA) is 70.9 Å². The summed E-state index contributed by atoms with van der Waals surface area (Å²) in [5.41, 5.74) is 5.51. The van der Waals surface area contributed by atoms with Crippen LogP contribution in [0.5, 0.6) is 5.75 Å². The van der Waals surface area contributed by atoms with Crippen LogP contribution in [0.1, 0.15) is 11.5 Å². The predicted molar refractivity (Wildman–Crippen MR) is 137 cm³/mol. The molecule has 6 rings (SSSR count). The monoisotopic (exact) mass is 493 g/mol. The van der Waals surface area contributed by atoms with Crippen LogP contribution in [0, 0.1) is 0 Å². The fourth-order valence-electron chi connectivity index (χ4n) is 5.08. The Labute approximate surface area is 206 Å². The highest BCUT2D eigenvalue weighted by molar-refractivity contribution is 7.91. The normalized spacial score (nSPS) is 20.2. The third-order valence-electron chi connectivity index (χ3n) is 7.30. The summed E-state index contributed by atoms with van der Waals surface area (Å²) in [5, 5.41) is 0. The third kappa shape index (κ3) is 4.68. The molecule has 2 aromatic carbocycles. The number of ether oxygens (including phenoxy) is 1. The maximum atomic E-state index is 11.7. The summed E-state index contributed by atoms with van der Waals surface area (Å²) in [6.45, 7) is 6.53. The Kier molecular flexibility index (Phi) is 5.78. The summed E-state index contributed by atoms with van der Waals surface area (Å²) in [7, 11) is -0.703. The van der Waals surface area contributed by atoms with Crippen molar-refractivity contribution in [2.45, 2.75) is 13.2 Å². The molecule has 0 unspecified atom stereocenters. The number of hydrogen-bond acceptors (Lipinski definition) is 7. The molecule has 3 aromatic rings. The minimum atomic E-state index is -2.88. The molecule has 0 N–H and O–H groups in total. The van der Waals surface area contributed by atoms with E-state index < -0.39 is 9.84 Å². The SMILES string of the molecule is CN1CCN(c2ccc(-c3ccc4c(c3)OCc3nc(CN5CCS(=O)(=O)CC5)cn3-4)cc2)CC1. The molecule has 9 heteroatoms. The van der Waals surface area contributed by atoms with E-state index in [1.807, 2.05) is 0 Å². The second-order valence-electron chi connectivity index (χ2n) is 9.75. The van der Waals surface area contributed by atoms with Gasteiger partial charge in [0, 0.05) is 57.7 Å². The summed E-state index contributed by atoms with van der Waals surface area (Å²) in [4.78, 5) is 11.7. The van der Waals surface area contributed by atoms with Crippen LogP contribution in [0.15, 0.2) is 48.7 Å². The number of hydrogen-bond donors (Lipinski definition) is 0. The van der Waals surface area contributed by atoms with Gasteiger partial charge < -0.3 is 14.5 Å². The van der Waals surface area contributed by atoms with Crippen LogP contribution < -0.4 is 9.64 Å². The molecule has 0 atom stereocenters. The third-order valence-corrected chi connectivity index (χ3v) is 8.91. The summed E-state index contributed by atoms with van der Waals surface area (Å²) in [6.07, 6.45) is 2.06. The maximum Gasteiger partial charge on any atom is 0.152 e. The van der Waals surface area contributed by atoms with E-state index in [1.165, 1.54) is 11.3 Å². The summed E-state index contributed by atoms with van der Waals surface area (Å²) in [6, 6.07) is 15.2. The summed E-state index contributed by atoms with van der Waals surface area (Å²) < 4.78 is 31.6. The smallest absolute Gasteiger partial charge is 0.152 e. The van der Waals surface area contributed by atoms with Crippen molar-refractivity contribution < 1.29 is 13.2 Å². The Morgan fingerprint density at radius 1 is 0.914 bits per heavy atom. The quantitative estimate of drug-likeness (QED) is 0.553. The van der Waals surface area contributed by atoms with Gasteiger partial charge in [0.25, 0.3) is 0 Å². The minimum absolute atomic E-state index is 0.228. The lowest BCUT2D eigenvalue weighted by Gasteiger charge is -2.34. The number of benzene rings is 2. The molecule has 0 aliphatic carbocycles. The highest BCUT2D eigenvalue weighted by Gasteiger charge is 2.24. The average molecular weight is 494 g/mol. The Balaban J connectivity index is 1.18. The van der Waals surface area contributed by atoms with Crippen LogP contribution in [0.25, 0.3) is 16.8 Å². The van der Waals surface area contributed by atoms with Crippen LogP contribution >= 0.6 is 0 Å². The van der Waals surface area contributed by atoms with Crippen molar-refractivity contribution in [1.29, 1.82) is 0 Å². The number of rotatable bonds is 4. The number of nitrogens with zero attached hydrogens (tertiary/aromatic N) is 5. The molecular weight excluding hydrogens is 462 g/mol. The second-order valence-corrected chi connectivity index (χ2v) is 12.1. The first-order chi connectivity index (χ1) is 16.9. The maximum absolute atomic E-state index is 11.7. The average Bonchev–Trinajstić information content (AvgIpc) is 3.29. The molecule has 1 aromatic heterocycles. The lowest BCUT2D eigenvalue weighted by molar-refractivity contribution is 0.276. The van der Waals surface area contributed by atoms with Gasteiger partial charge in [-0.15, -0.1) is 0 Å². The van der Waals surface area contributed by atoms with E-state index in [-0.39, 0.29) is 11.5 Å². The lowest BCUT2D eigenvalue weighted by Crippen LogP contribution is -2.44. The Morgan fingerprint density at radius 3 is 2.37 bits per heavy atom. The van der Waals surface area contributed by atoms with Gasteiger partial charge in [-0.1, -0.05) is 18.2 Å². The van der Waals surface area contributed by atoms with Crippen molar-refractivity contribution in [3.63, 3.8) is 0 Å². The number of piperazine rings is 1. The Bertz CT molecular complexity index is 1310. The van der Waals surface area contributed by atoms with E-state index in [9.17, 15) is 8.42 Å². The number of sulfone groups is 1. The van der Waals surface area contributed by atoms with Crippen molar-refractivity contribution in [2.75, 3.05) is 62.7 Å². The predicted octanol–water partition coefficient (Wildman–Crippen LogP) is 2.41. The van der Waals surface area contributed by atoms with Crippen molar-refractivity contribution in [3.8, 4) is 22.6 Å². The van der Waals surface area contributed by atoms with E-state index in [0.717, 1.165) is 54.7 Å². The highest BCUT2D eigenvalue weighted by Crippen LogP contribution is 2.35. The van der Waals surface area contributed by atoms with Crippen LogP contribution in [0.4, 0.5) is 5.69 Å². The zero-order chi connectivity index (χ0) is 24.0. The first-order valence-electron chi connectivity index (χ1n) is 12.2. The van der Waals surface area contributed by atoms with Crippen LogP contribution in [0.3, 0.4) is 0 Å². The largest absolute Gasteiger partial charge is 0.483 e. The van der Waals surface area contributed by atoms with Gasteiger partial charge in [-0.05, 0) is 42.4 Å². The summed E-state index contributed by atoms with van der Waals surface area (Å²) >= 11 is 0. The molecule has 8 nitrogen and oxygen atoms in total. The number of anilines is 1. The van der Waals surface area contributed by atoms with Crippen LogP contribution in [-0.4, -0.2) is 85.6 Å². The van der Waals surface area contributed by atoms with Crippen molar-refractivity contribution in [3.05, 3.63) is 60.2 Å². The molecule has 3 aliphatic rings. The number of aromatic nitrogens is 2. The molecule has 0 amide bonds. The molecule has 2 fully saturated rings. The molecule has 0 bridgehead atoms. The van der Waals surface area contributed by atoms with Crippen LogP contribution in [-0.2, 0) is 23.0 Å². The zero-order valence-corrected chi connectivity index (χ0v) is 20.9. The molecule has 35 heavy (non-hydrogen) atoms. The van der Waals surface area contributed by atoms with E-state index in [4.69, 9.17) is 9.72 Å². The fourth-order valence-corrected chi connectivity index (χ4v) is 6.35. The molecule has 2 saturated heterocycles. The molecule has 4 heterocycles. The lowest BCUT2D eigenvalue weighted by atomic mass is 10.0. The fraction of sp³-hybridized carbons (Fsp3) is 0.423. The standard InChI is InChI=1S/C26H31N5O3S/c1-28-8-10-30(11-9-28)23-5-2-20(3-6-23)21-4-7-24-25(16-21)34-19-26-27-22(18-31(24)26)17-29-12-14-35(32,33)15-13-29/h2-7,16,18H,8-15,17,19H2,1H3. The summed E-state index contributed by atoms with van der Waals surface area (Å²) in [5.74, 6) is 2.18. The van der Waals surface area contributed by atoms with Gasteiger partial charge >= 0.3 is 0 Å². The van der Waals surface area contributed by atoms with Gasteiger partial charge in [-0.3, -0.25) is 9.47 Å². The minimum Gasteiger partial charge on any atom is -0.483 e. The van der Waals surface area contributed by atoms with Gasteiger partial charge in [0.1, 0.15) is 12.4 Å². The van der Waals surface area contributed by atoms with E-state index in [1.54, 1.807) is 0 Å². The highest BCUT2D eigenvalue weighted by atomic mass is 32.2. The number of imidazole rings is 1. The van der Waals surface area contributed by atoms with E-state index in [2.05, 4.69) is 75.0 Å². The first kappa shape index (κ1) is 22.6. The van der Waals surface area contributed by atoms with Crippen molar-refractivity contribution >= 4 is 15.5 Å². The van der Waals surface area contributed by atoms with Gasteiger partial charge in [0.2, 0.25) is 0 Å². The molecule has 0 spiro atoms. The molecule has 0 radical (unpaired) electrons. The van der Waals surface area contributed by atoms with E-state index >= 15 is 0 Å². The Hall–Kier alpha value is -2.88. The second kappa shape index (κ2) is 8.96. The van der Waals surface area contributed by atoms with Gasteiger partial charge in [-0.25, -0.2) is 13.4 Å². The van der Waals surface area contributed by atoms with Gasteiger partial charge in [-0.2, -0.15) is 0 Å². The van der Waals surface area contributed by atoms with Crippen molar-refractivity contribution in [2.24, 2.45) is 0 Å². The molecular formula is C26H31N5O3S. The van der Waals surface area contributed by atoms with Crippen molar-refractivity contribution in [1.82, 2.24) is 19.4 Å². The zero-order valence-electron chi connectivity index (χ0n) is 20.1. The molecule has 184 valence electrons. The van der Waals surface area contributed by atoms with Gasteiger partial charge in [0.15, 0.2) is 15.7 Å².